The molecule has 1 heterocycles. The Bertz CT molecular complexity index is 607. The SMILES string of the molecule is Cc1cc(CC(=O)NC2CC2)ccc1B1OC(C)(C)C(C)(C)O1. The molecule has 4 nitrogen and oxygen atoms in total. The molecule has 2 aliphatic rings. The largest absolute Gasteiger partial charge is 0.495 e. The first-order valence-corrected chi connectivity index (χ1v) is 8.42. The van der Waals surface area contributed by atoms with E-state index in [0.29, 0.717) is 12.5 Å². The van der Waals surface area contributed by atoms with Crippen molar-refractivity contribution < 1.29 is 14.1 Å². The number of rotatable bonds is 4. The van der Waals surface area contributed by atoms with Crippen LogP contribution in [-0.4, -0.2) is 30.3 Å². The van der Waals surface area contributed by atoms with Gasteiger partial charge >= 0.3 is 7.12 Å². The standard InChI is InChI=1S/C18H26BNO3/c1-12-10-13(11-16(21)20-14-7-8-14)6-9-15(12)19-22-17(2,3)18(4,5)23-19/h6,9-10,14H,7-8,11H2,1-5H3,(H,20,21). The molecule has 1 aliphatic carbocycles. The molecule has 5 heteroatoms. The quantitative estimate of drug-likeness (QED) is 0.866. The predicted molar refractivity (Wildman–Crippen MR) is 91.8 cm³/mol. The Morgan fingerprint density at radius 3 is 2.35 bits per heavy atom. The van der Waals surface area contributed by atoms with Crippen molar-refractivity contribution in [3.63, 3.8) is 0 Å². The number of benzene rings is 1. The van der Waals surface area contributed by atoms with Crippen LogP contribution in [0.3, 0.4) is 0 Å². The molecule has 0 unspecified atom stereocenters. The lowest BCUT2D eigenvalue weighted by Crippen LogP contribution is -2.41. The summed E-state index contributed by atoms with van der Waals surface area (Å²) in [6.45, 7) is 10.3. The summed E-state index contributed by atoms with van der Waals surface area (Å²) in [5, 5.41) is 3.02. The van der Waals surface area contributed by atoms with E-state index in [4.69, 9.17) is 9.31 Å². The van der Waals surface area contributed by atoms with Crippen LogP contribution in [-0.2, 0) is 20.5 Å². The van der Waals surface area contributed by atoms with Gasteiger partial charge in [-0.25, -0.2) is 0 Å². The summed E-state index contributed by atoms with van der Waals surface area (Å²) in [5.41, 5.74) is 2.48. The topological polar surface area (TPSA) is 47.6 Å². The highest BCUT2D eigenvalue weighted by Gasteiger charge is 2.52. The lowest BCUT2D eigenvalue weighted by molar-refractivity contribution is -0.120. The van der Waals surface area contributed by atoms with E-state index in [1.165, 1.54) is 0 Å². The summed E-state index contributed by atoms with van der Waals surface area (Å²) in [6, 6.07) is 6.50. The van der Waals surface area contributed by atoms with E-state index in [9.17, 15) is 4.79 Å². The summed E-state index contributed by atoms with van der Waals surface area (Å²) in [4.78, 5) is 11.9. The van der Waals surface area contributed by atoms with Crippen molar-refractivity contribution in [1.82, 2.24) is 5.32 Å². The van der Waals surface area contributed by atoms with Crippen molar-refractivity contribution >= 4 is 18.5 Å². The maximum Gasteiger partial charge on any atom is 0.495 e. The molecule has 1 saturated carbocycles. The first-order valence-electron chi connectivity index (χ1n) is 8.42. The maximum absolute atomic E-state index is 11.9. The minimum absolute atomic E-state index is 0.107. The molecule has 1 amide bonds. The molecular formula is C18H26BNO3. The van der Waals surface area contributed by atoms with E-state index in [0.717, 1.165) is 29.4 Å². The molecule has 3 rings (SSSR count). The van der Waals surface area contributed by atoms with Gasteiger partial charge in [0.15, 0.2) is 0 Å². The van der Waals surface area contributed by atoms with Gasteiger partial charge in [-0.05, 0) is 58.5 Å². The van der Waals surface area contributed by atoms with Gasteiger partial charge in [0.05, 0.1) is 17.6 Å². The van der Waals surface area contributed by atoms with Crippen LogP contribution in [0.25, 0.3) is 0 Å². The van der Waals surface area contributed by atoms with Gasteiger partial charge in [-0.1, -0.05) is 23.8 Å². The smallest absolute Gasteiger partial charge is 0.399 e. The molecule has 0 spiro atoms. The number of nitrogens with one attached hydrogen (secondary N) is 1. The molecule has 1 aliphatic heterocycles. The van der Waals surface area contributed by atoms with Gasteiger partial charge in [0.1, 0.15) is 0 Å². The number of hydrogen-bond acceptors (Lipinski definition) is 3. The number of amides is 1. The van der Waals surface area contributed by atoms with E-state index < -0.39 is 0 Å². The normalized spacial score (nSPS) is 22.2. The Kier molecular flexibility index (Phi) is 4.05. The first-order chi connectivity index (χ1) is 10.7. The average molecular weight is 315 g/mol. The van der Waals surface area contributed by atoms with Crippen molar-refractivity contribution in [2.75, 3.05) is 0 Å². The van der Waals surface area contributed by atoms with Crippen LogP contribution >= 0.6 is 0 Å². The Balaban J connectivity index is 1.71. The Hall–Kier alpha value is -1.33. The third kappa shape index (κ3) is 3.46. The van der Waals surface area contributed by atoms with Gasteiger partial charge in [0.2, 0.25) is 5.91 Å². The van der Waals surface area contributed by atoms with Crippen molar-refractivity contribution in [2.45, 2.75) is 71.1 Å². The second kappa shape index (κ2) is 5.64. The molecule has 0 aromatic heterocycles. The molecule has 2 fully saturated rings. The Morgan fingerprint density at radius 1 is 1.22 bits per heavy atom. The van der Waals surface area contributed by atoms with Gasteiger partial charge in [-0.15, -0.1) is 0 Å². The fourth-order valence-electron chi connectivity index (χ4n) is 2.77. The van der Waals surface area contributed by atoms with Crippen molar-refractivity contribution in [1.29, 1.82) is 0 Å². The van der Waals surface area contributed by atoms with E-state index in [1.807, 2.05) is 19.1 Å². The third-order valence-corrected chi connectivity index (χ3v) is 5.15. The zero-order valence-electron chi connectivity index (χ0n) is 14.7. The Morgan fingerprint density at radius 2 is 1.83 bits per heavy atom. The molecule has 1 saturated heterocycles. The van der Waals surface area contributed by atoms with Crippen LogP contribution in [0.2, 0.25) is 0 Å². The van der Waals surface area contributed by atoms with Gasteiger partial charge in [-0.3, -0.25) is 4.79 Å². The molecule has 0 radical (unpaired) electrons. The molecule has 1 aromatic carbocycles. The fourth-order valence-corrected chi connectivity index (χ4v) is 2.77. The molecule has 1 aromatic rings. The molecule has 0 bridgehead atoms. The predicted octanol–water partition coefficient (Wildman–Crippen LogP) is 2.12. The lowest BCUT2D eigenvalue weighted by Gasteiger charge is -2.32. The summed E-state index contributed by atoms with van der Waals surface area (Å²) in [6.07, 6.45) is 2.66. The van der Waals surface area contributed by atoms with Crippen LogP contribution < -0.4 is 10.8 Å². The van der Waals surface area contributed by atoms with Gasteiger partial charge in [-0.2, -0.15) is 0 Å². The lowest BCUT2D eigenvalue weighted by atomic mass is 9.75. The average Bonchev–Trinajstić information content (AvgIpc) is 3.17. The van der Waals surface area contributed by atoms with Crippen LogP contribution in [0, 0.1) is 6.92 Å². The third-order valence-electron chi connectivity index (χ3n) is 5.15. The maximum atomic E-state index is 11.9. The van der Waals surface area contributed by atoms with Crippen LogP contribution in [0.1, 0.15) is 51.7 Å². The number of hydrogen-bond donors (Lipinski definition) is 1. The van der Waals surface area contributed by atoms with E-state index in [-0.39, 0.29) is 24.2 Å². The summed E-state index contributed by atoms with van der Waals surface area (Å²) in [5.74, 6) is 0.107. The monoisotopic (exact) mass is 315 g/mol. The molecule has 0 atom stereocenters. The summed E-state index contributed by atoms with van der Waals surface area (Å²) < 4.78 is 12.2. The number of carbonyl (C=O) groups is 1. The highest BCUT2D eigenvalue weighted by atomic mass is 16.7. The van der Waals surface area contributed by atoms with Crippen molar-refractivity contribution in [2.24, 2.45) is 0 Å². The second-order valence-electron chi connectivity index (χ2n) is 7.80. The molecule has 124 valence electrons. The van der Waals surface area contributed by atoms with E-state index in [2.05, 4.69) is 39.1 Å². The summed E-state index contributed by atoms with van der Waals surface area (Å²) >= 11 is 0. The Labute approximate surface area is 139 Å². The van der Waals surface area contributed by atoms with Crippen LogP contribution in [0.15, 0.2) is 18.2 Å². The van der Waals surface area contributed by atoms with Gasteiger partial charge in [0, 0.05) is 6.04 Å². The zero-order chi connectivity index (χ0) is 16.8. The number of aryl methyl sites for hydroxylation is 1. The highest BCUT2D eigenvalue weighted by Crippen LogP contribution is 2.36. The minimum Gasteiger partial charge on any atom is -0.399 e. The van der Waals surface area contributed by atoms with Gasteiger partial charge < -0.3 is 14.6 Å². The second-order valence-corrected chi connectivity index (χ2v) is 7.80. The molecule has 1 N–H and O–H groups in total. The fraction of sp³-hybridized carbons (Fsp3) is 0.611. The van der Waals surface area contributed by atoms with Crippen molar-refractivity contribution in [3.05, 3.63) is 29.3 Å². The highest BCUT2D eigenvalue weighted by molar-refractivity contribution is 6.62. The minimum atomic E-state index is -0.352. The van der Waals surface area contributed by atoms with Gasteiger partial charge in [0.25, 0.3) is 0 Å². The van der Waals surface area contributed by atoms with Crippen LogP contribution in [0.5, 0.6) is 0 Å². The summed E-state index contributed by atoms with van der Waals surface area (Å²) in [7, 11) is -0.352. The number of carbonyl (C=O) groups excluding carboxylic acids is 1. The van der Waals surface area contributed by atoms with E-state index >= 15 is 0 Å². The molecule has 23 heavy (non-hydrogen) atoms. The first kappa shape index (κ1) is 16.5. The zero-order valence-corrected chi connectivity index (χ0v) is 14.7. The van der Waals surface area contributed by atoms with Crippen molar-refractivity contribution in [3.8, 4) is 0 Å². The van der Waals surface area contributed by atoms with E-state index in [1.54, 1.807) is 0 Å². The molecular weight excluding hydrogens is 289 g/mol. The van der Waals surface area contributed by atoms with Crippen LogP contribution in [0.4, 0.5) is 0 Å².